The predicted octanol–water partition coefficient (Wildman–Crippen LogP) is 0.761. The third-order valence-corrected chi connectivity index (χ3v) is 3.93. The van der Waals surface area contributed by atoms with Crippen molar-refractivity contribution in [1.82, 2.24) is 15.1 Å². The molecule has 1 rings (SSSR count). The van der Waals surface area contributed by atoms with Crippen LogP contribution in [0.5, 0.6) is 0 Å². The van der Waals surface area contributed by atoms with Crippen molar-refractivity contribution in [2.75, 3.05) is 39.8 Å². The maximum Gasteiger partial charge on any atom is 0.0597 e. The van der Waals surface area contributed by atoms with Gasteiger partial charge in [0, 0.05) is 24.7 Å². The molecule has 1 fully saturated rings. The molecule has 1 heterocycles. The smallest absolute Gasteiger partial charge is 0.0597 e. The van der Waals surface area contributed by atoms with Crippen LogP contribution in [0.2, 0.25) is 0 Å². The van der Waals surface area contributed by atoms with Gasteiger partial charge in [0.05, 0.1) is 6.61 Å². The summed E-state index contributed by atoms with van der Waals surface area (Å²) in [6.07, 6.45) is 2.51. The first kappa shape index (κ1) is 15.9. The SMILES string of the molecule is CCN1CCC(N(C)CC(CO)NC(C)C)CC1. The van der Waals surface area contributed by atoms with Gasteiger partial charge in [0.15, 0.2) is 0 Å². The Hall–Kier alpha value is -0.160. The Balaban J connectivity index is 2.33. The van der Waals surface area contributed by atoms with E-state index in [0.29, 0.717) is 12.1 Å². The van der Waals surface area contributed by atoms with E-state index in [4.69, 9.17) is 0 Å². The van der Waals surface area contributed by atoms with E-state index in [-0.39, 0.29) is 12.6 Å². The maximum absolute atomic E-state index is 9.40. The Morgan fingerprint density at radius 3 is 2.39 bits per heavy atom. The highest BCUT2D eigenvalue weighted by Crippen LogP contribution is 2.15. The molecule has 4 nitrogen and oxygen atoms in total. The molecule has 1 aliphatic rings. The van der Waals surface area contributed by atoms with Gasteiger partial charge in [0.25, 0.3) is 0 Å². The molecule has 18 heavy (non-hydrogen) atoms. The summed E-state index contributed by atoms with van der Waals surface area (Å²) < 4.78 is 0. The molecule has 108 valence electrons. The van der Waals surface area contributed by atoms with Crippen molar-refractivity contribution in [3.8, 4) is 0 Å². The molecular formula is C14H31N3O. The summed E-state index contributed by atoms with van der Waals surface area (Å²) in [5.41, 5.74) is 0. The van der Waals surface area contributed by atoms with Crippen LogP contribution in [-0.4, -0.2) is 72.9 Å². The van der Waals surface area contributed by atoms with Gasteiger partial charge < -0.3 is 20.2 Å². The van der Waals surface area contributed by atoms with Crippen LogP contribution in [0.1, 0.15) is 33.6 Å². The zero-order valence-corrected chi connectivity index (χ0v) is 12.5. The number of nitrogens with one attached hydrogen (secondary N) is 1. The number of rotatable bonds is 7. The quantitative estimate of drug-likeness (QED) is 0.706. The molecule has 0 aliphatic carbocycles. The van der Waals surface area contributed by atoms with Crippen molar-refractivity contribution in [1.29, 1.82) is 0 Å². The van der Waals surface area contributed by atoms with E-state index in [1.165, 1.54) is 32.5 Å². The van der Waals surface area contributed by atoms with Crippen LogP contribution in [0.4, 0.5) is 0 Å². The fraction of sp³-hybridized carbons (Fsp3) is 1.00. The Morgan fingerprint density at radius 1 is 1.33 bits per heavy atom. The number of piperidine rings is 1. The normalized spacial score (nSPS) is 20.8. The summed E-state index contributed by atoms with van der Waals surface area (Å²) in [5, 5.41) is 12.8. The molecule has 0 aromatic heterocycles. The fourth-order valence-corrected chi connectivity index (χ4v) is 2.81. The van der Waals surface area contributed by atoms with Gasteiger partial charge in [0.2, 0.25) is 0 Å². The average molecular weight is 257 g/mol. The van der Waals surface area contributed by atoms with Crippen molar-refractivity contribution in [3.63, 3.8) is 0 Å². The molecule has 0 saturated carbocycles. The number of hydrogen-bond donors (Lipinski definition) is 2. The number of nitrogens with zero attached hydrogens (tertiary/aromatic N) is 2. The zero-order chi connectivity index (χ0) is 13.5. The number of likely N-dealkylation sites (N-methyl/N-ethyl adjacent to an activating group) is 1. The molecule has 0 spiro atoms. The van der Waals surface area contributed by atoms with Crippen LogP contribution in [0.3, 0.4) is 0 Å². The Bertz CT molecular complexity index is 215. The molecular weight excluding hydrogens is 226 g/mol. The van der Waals surface area contributed by atoms with Gasteiger partial charge in [-0.2, -0.15) is 0 Å². The zero-order valence-electron chi connectivity index (χ0n) is 12.5. The van der Waals surface area contributed by atoms with Gasteiger partial charge in [-0.1, -0.05) is 20.8 Å². The van der Waals surface area contributed by atoms with Crippen LogP contribution < -0.4 is 5.32 Å². The number of aliphatic hydroxyl groups is 1. The third-order valence-electron chi connectivity index (χ3n) is 3.93. The molecule has 0 amide bonds. The Kier molecular flexibility index (Phi) is 7.15. The molecule has 2 N–H and O–H groups in total. The van der Waals surface area contributed by atoms with E-state index in [1.807, 2.05) is 0 Å². The van der Waals surface area contributed by atoms with Gasteiger partial charge in [-0.15, -0.1) is 0 Å². The first-order valence-corrected chi connectivity index (χ1v) is 7.36. The highest BCUT2D eigenvalue weighted by molar-refractivity contribution is 4.81. The number of hydrogen-bond acceptors (Lipinski definition) is 4. The first-order chi connectivity index (χ1) is 8.56. The van der Waals surface area contributed by atoms with E-state index < -0.39 is 0 Å². The van der Waals surface area contributed by atoms with Crippen LogP contribution >= 0.6 is 0 Å². The molecule has 1 aliphatic heterocycles. The highest BCUT2D eigenvalue weighted by atomic mass is 16.3. The lowest BCUT2D eigenvalue weighted by Crippen LogP contribution is -2.50. The van der Waals surface area contributed by atoms with Crippen LogP contribution in [0.25, 0.3) is 0 Å². The highest BCUT2D eigenvalue weighted by Gasteiger charge is 2.23. The van der Waals surface area contributed by atoms with Gasteiger partial charge >= 0.3 is 0 Å². The van der Waals surface area contributed by atoms with Crippen molar-refractivity contribution < 1.29 is 5.11 Å². The Morgan fingerprint density at radius 2 is 1.94 bits per heavy atom. The second-order valence-electron chi connectivity index (χ2n) is 5.81. The standard InChI is InChI=1S/C14H31N3O/c1-5-17-8-6-14(7-9-17)16(4)10-13(11-18)15-12(2)3/h12-15,18H,5-11H2,1-4H3. The molecule has 1 saturated heterocycles. The lowest BCUT2D eigenvalue weighted by Gasteiger charge is -2.37. The predicted molar refractivity (Wildman–Crippen MR) is 76.9 cm³/mol. The lowest BCUT2D eigenvalue weighted by atomic mass is 10.0. The molecule has 0 aromatic rings. The fourth-order valence-electron chi connectivity index (χ4n) is 2.81. The minimum atomic E-state index is 0.194. The summed E-state index contributed by atoms with van der Waals surface area (Å²) in [7, 11) is 2.19. The molecule has 0 radical (unpaired) electrons. The minimum Gasteiger partial charge on any atom is -0.395 e. The van der Waals surface area contributed by atoms with E-state index in [9.17, 15) is 5.11 Å². The molecule has 4 heteroatoms. The second-order valence-corrected chi connectivity index (χ2v) is 5.81. The lowest BCUT2D eigenvalue weighted by molar-refractivity contribution is 0.109. The molecule has 1 unspecified atom stereocenters. The second kappa shape index (κ2) is 8.10. The van der Waals surface area contributed by atoms with E-state index in [0.717, 1.165) is 6.54 Å². The molecule has 0 bridgehead atoms. The molecule has 1 atom stereocenters. The largest absolute Gasteiger partial charge is 0.395 e. The van der Waals surface area contributed by atoms with Crippen molar-refractivity contribution in [2.24, 2.45) is 0 Å². The molecule has 0 aromatic carbocycles. The monoisotopic (exact) mass is 257 g/mol. The average Bonchev–Trinajstić information content (AvgIpc) is 2.37. The van der Waals surface area contributed by atoms with E-state index in [2.05, 4.69) is 42.9 Å². The topological polar surface area (TPSA) is 38.7 Å². The van der Waals surface area contributed by atoms with Gasteiger partial charge in [-0.25, -0.2) is 0 Å². The summed E-state index contributed by atoms with van der Waals surface area (Å²) >= 11 is 0. The number of likely N-dealkylation sites (tertiary alicyclic amines) is 1. The summed E-state index contributed by atoms with van der Waals surface area (Å²) in [6, 6.07) is 1.30. The summed E-state index contributed by atoms with van der Waals surface area (Å²) in [4.78, 5) is 4.93. The van der Waals surface area contributed by atoms with Crippen LogP contribution in [0, 0.1) is 0 Å². The summed E-state index contributed by atoms with van der Waals surface area (Å²) in [5.74, 6) is 0. The van der Waals surface area contributed by atoms with Gasteiger partial charge in [0.1, 0.15) is 0 Å². The van der Waals surface area contributed by atoms with Crippen LogP contribution in [-0.2, 0) is 0 Å². The van der Waals surface area contributed by atoms with Gasteiger partial charge in [-0.05, 0) is 39.5 Å². The van der Waals surface area contributed by atoms with E-state index >= 15 is 0 Å². The third kappa shape index (κ3) is 5.22. The van der Waals surface area contributed by atoms with E-state index in [1.54, 1.807) is 0 Å². The minimum absolute atomic E-state index is 0.194. The summed E-state index contributed by atoms with van der Waals surface area (Å²) in [6.45, 7) is 11.2. The Labute approximate surface area is 112 Å². The van der Waals surface area contributed by atoms with Crippen molar-refractivity contribution in [3.05, 3.63) is 0 Å². The maximum atomic E-state index is 9.40. The van der Waals surface area contributed by atoms with Crippen LogP contribution in [0.15, 0.2) is 0 Å². The van der Waals surface area contributed by atoms with Crippen molar-refractivity contribution in [2.45, 2.75) is 51.7 Å². The van der Waals surface area contributed by atoms with Gasteiger partial charge in [-0.3, -0.25) is 0 Å². The first-order valence-electron chi connectivity index (χ1n) is 7.36. The van der Waals surface area contributed by atoms with Crippen molar-refractivity contribution >= 4 is 0 Å². The number of aliphatic hydroxyl groups excluding tert-OH is 1.